The van der Waals surface area contributed by atoms with Gasteiger partial charge in [0.25, 0.3) is 0 Å². The lowest BCUT2D eigenvalue weighted by atomic mass is 10.1. The van der Waals surface area contributed by atoms with E-state index >= 15 is 0 Å². The average molecular weight is 361 g/mol. The van der Waals surface area contributed by atoms with Crippen LogP contribution in [0.3, 0.4) is 0 Å². The van der Waals surface area contributed by atoms with Gasteiger partial charge in [-0.25, -0.2) is 5.43 Å². The standard InChI is InChI=1S/C19H21ClN2O3/c1-3-24-17-8-5-14(6-9-17)11-19(23)22-21-13-15-12-16(20)7-10-18(15)25-4-2/h5-10,12-13H,3-4,11H2,1-2H3,(H,22,23)/b21-13+. The Morgan fingerprint density at radius 3 is 2.52 bits per heavy atom. The van der Waals surface area contributed by atoms with Crippen LogP contribution in [0.2, 0.25) is 5.02 Å². The van der Waals surface area contributed by atoms with Gasteiger partial charge in [-0.05, 0) is 49.7 Å². The molecule has 0 radical (unpaired) electrons. The van der Waals surface area contributed by atoms with Crippen LogP contribution in [0.1, 0.15) is 25.0 Å². The van der Waals surface area contributed by atoms with Gasteiger partial charge in [-0.2, -0.15) is 5.10 Å². The largest absolute Gasteiger partial charge is 0.494 e. The Kier molecular flexibility index (Phi) is 7.29. The summed E-state index contributed by atoms with van der Waals surface area (Å²) in [7, 11) is 0. The molecule has 0 unspecified atom stereocenters. The molecule has 1 N–H and O–H groups in total. The van der Waals surface area contributed by atoms with Crippen LogP contribution in [-0.2, 0) is 11.2 Å². The minimum Gasteiger partial charge on any atom is -0.494 e. The number of halogens is 1. The molecule has 25 heavy (non-hydrogen) atoms. The number of hydrazone groups is 1. The van der Waals surface area contributed by atoms with E-state index in [1.54, 1.807) is 18.2 Å². The van der Waals surface area contributed by atoms with E-state index in [2.05, 4.69) is 10.5 Å². The Morgan fingerprint density at radius 2 is 1.84 bits per heavy atom. The van der Waals surface area contributed by atoms with Gasteiger partial charge < -0.3 is 9.47 Å². The summed E-state index contributed by atoms with van der Waals surface area (Å²) in [5.74, 6) is 1.24. The van der Waals surface area contributed by atoms with Gasteiger partial charge in [0.05, 0.1) is 25.8 Å². The molecule has 1 amide bonds. The predicted octanol–water partition coefficient (Wildman–Crippen LogP) is 3.83. The lowest BCUT2D eigenvalue weighted by Crippen LogP contribution is -2.19. The van der Waals surface area contributed by atoms with Crippen LogP contribution in [0.5, 0.6) is 11.5 Å². The van der Waals surface area contributed by atoms with E-state index < -0.39 is 0 Å². The van der Waals surface area contributed by atoms with Crippen molar-refractivity contribution in [1.82, 2.24) is 5.43 Å². The van der Waals surface area contributed by atoms with Crippen molar-refractivity contribution in [3.8, 4) is 11.5 Å². The second kappa shape index (κ2) is 9.69. The summed E-state index contributed by atoms with van der Waals surface area (Å²) in [5, 5.41) is 4.56. The summed E-state index contributed by atoms with van der Waals surface area (Å²) in [6.07, 6.45) is 1.75. The molecule has 5 nitrogen and oxygen atoms in total. The van der Waals surface area contributed by atoms with Gasteiger partial charge in [0.15, 0.2) is 0 Å². The summed E-state index contributed by atoms with van der Waals surface area (Å²) >= 11 is 5.99. The minimum atomic E-state index is -0.208. The van der Waals surface area contributed by atoms with E-state index in [4.69, 9.17) is 21.1 Å². The maximum atomic E-state index is 12.0. The van der Waals surface area contributed by atoms with E-state index in [1.165, 1.54) is 6.21 Å². The molecule has 0 bridgehead atoms. The smallest absolute Gasteiger partial charge is 0.244 e. The van der Waals surface area contributed by atoms with Gasteiger partial charge in [-0.15, -0.1) is 0 Å². The summed E-state index contributed by atoms with van der Waals surface area (Å²) < 4.78 is 10.9. The molecular weight excluding hydrogens is 340 g/mol. The highest BCUT2D eigenvalue weighted by Gasteiger charge is 2.04. The van der Waals surface area contributed by atoms with Gasteiger partial charge >= 0.3 is 0 Å². The van der Waals surface area contributed by atoms with Gasteiger partial charge in [0, 0.05) is 10.6 Å². The third-order valence-corrected chi connectivity index (χ3v) is 3.50. The van der Waals surface area contributed by atoms with Crippen molar-refractivity contribution in [3.05, 3.63) is 58.6 Å². The molecule has 6 heteroatoms. The highest BCUT2D eigenvalue weighted by Crippen LogP contribution is 2.21. The number of carbonyl (C=O) groups excluding carboxylic acids is 1. The predicted molar refractivity (Wildman–Crippen MR) is 99.7 cm³/mol. The number of carbonyl (C=O) groups is 1. The Bertz CT molecular complexity index is 730. The monoisotopic (exact) mass is 360 g/mol. The van der Waals surface area contributed by atoms with E-state index in [1.807, 2.05) is 38.1 Å². The van der Waals surface area contributed by atoms with Crippen molar-refractivity contribution in [3.63, 3.8) is 0 Å². The number of nitrogens with zero attached hydrogens (tertiary/aromatic N) is 1. The molecule has 0 fully saturated rings. The molecule has 0 aromatic heterocycles. The van der Waals surface area contributed by atoms with E-state index in [0.29, 0.717) is 29.5 Å². The van der Waals surface area contributed by atoms with Crippen molar-refractivity contribution in [2.75, 3.05) is 13.2 Å². The van der Waals surface area contributed by atoms with Crippen LogP contribution >= 0.6 is 11.6 Å². The number of hydrogen-bond acceptors (Lipinski definition) is 4. The average Bonchev–Trinajstić information content (AvgIpc) is 2.59. The summed E-state index contributed by atoms with van der Waals surface area (Å²) in [6, 6.07) is 12.7. The summed E-state index contributed by atoms with van der Waals surface area (Å²) in [6.45, 7) is 4.97. The summed E-state index contributed by atoms with van der Waals surface area (Å²) in [4.78, 5) is 12.0. The van der Waals surface area contributed by atoms with Crippen molar-refractivity contribution >= 4 is 23.7 Å². The zero-order valence-corrected chi connectivity index (χ0v) is 15.0. The highest BCUT2D eigenvalue weighted by molar-refractivity contribution is 6.30. The Morgan fingerprint density at radius 1 is 1.12 bits per heavy atom. The van der Waals surface area contributed by atoms with Crippen LogP contribution < -0.4 is 14.9 Å². The van der Waals surface area contributed by atoms with Crippen molar-refractivity contribution in [2.45, 2.75) is 20.3 Å². The molecule has 0 aliphatic rings. The van der Waals surface area contributed by atoms with Crippen LogP contribution in [-0.4, -0.2) is 25.3 Å². The topological polar surface area (TPSA) is 59.9 Å². The third-order valence-electron chi connectivity index (χ3n) is 3.26. The van der Waals surface area contributed by atoms with Crippen LogP contribution in [0.4, 0.5) is 0 Å². The Labute approximate surface area is 152 Å². The van der Waals surface area contributed by atoms with Crippen LogP contribution in [0, 0.1) is 0 Å². The maximum absolute atomic E-state index is 12.0. The number of hydrogen-bond donors (Lipinski definition) is 1. The molecule has 0 atom stereocenters. The normalized spacial score (nSPS) is 10.7. The minimum absolute atomic E-state index is 0.208. The molecule has 0 saturated carbocycles. The van der Waals surface area contributed by atoms with E-state index in [9.17, 15) is 4.79 Å². The van der Waals surface area contributed by atoms with Crippen molar-refractivity contribution < 1.29 is 14.3 Å². The lowest BCUT2D eigenvalue weighted by molar-refractivity contribution is -0.120. The first-order valence-electron chi connectivity index (χ1n) is 8.08. The van der Waals surface area contributed by atoms with E-state index in [0.717, 1.165) is 11.3 Å². The molecule has 0 aliphatic heterocycles. The first-order valence-corrected chi connectivity index (χ1v) is 8.46. The van der Waals surface area contributed by atoms with Gasteiger partial charge in [0.2, 0.25) is 5.91 Å². The van der Waals surface area contributed by atoms with Crippen LogP contribution in [0.25, 0.3) is 0 Å². The number of rotatable bonds is 8. The fourth-order valence-corrected chi connectivity index (χ4v) is 2.36. The molecule has 0 heterocycles. The number of nitrogens with one attached hydrogen (secondary N) is 1. The quantitative estimate of drug-likeness (QED) is 0.575. The molecule has 0 saturated heterocycles. The zero-order chi connectivity index (χ0) is 18.1. The summed E-state index contributed by atoms with van der Waals surface area (Å²) in [5.41, 5.74) is 4.10. The van der Waals surface area contributed by atoms with Gasteiger partial charge in [-0.3, -0.25) is 4.79 Å². The SMILES string of the molecule is CCOc1ccc(CC(=O)N/N=C/c2cc(Cl)ccc2OCC)cc1. The number of ether oxygens (including phenoxy) is 2. The lowest BCUT2D eigenvalue weighted by Gasteiger charge is -2.07. The second-order valence-corrected chi connectivity index (χ2v) is 5.60. The van der Waals surface area contributed by atoms with Crippen molar-refractivity contribution in [2.24, 2.45) is 5.10 Å². The molecule has 2 rings (SSSR count). The highest BCUT2D eigenvalue weighted by atomic mass is 35.5. The van der Waals surface area contributed by atoms with E-state index in [-0.39, 0.29) is 12.3 Å². The van der Waals surface area contributed by atoms with Gasteiger partial charge in [0.1, 0.15) is 11.5 Å². The second-order valence-electron chi connectivity index (χ2n) is 5.16. The maximum Gasteiger partial charge on any atom is 0.244 e. The third kappa shape index (κ3) is 6.12. The zero-order valence-electron chi connectivity index (χ0n) is 14.3. The Hall–Kier alpha value is -2.53. The first kappa shape index (κ1) is 18.8. The van der Waals surface area contributed by atoms with Gasteiger partial charge in [-0.1, -0.05) is 23.7 Å². The first-order chi connectivity index (χ1) is 12.1. The Balaban J connectivity index is 1.93. The molecule has 132 valence electrons. The molecule has 2 aromatic rings. The molecular formula is C19H21ClN2O3. The fourth-order valence-electron chi connectivity index (χ4n) is 2.18. The fraction of sp³-hybridized carbons (Fsp3) is 0.263. The number of amides is 1. The molecule has 2 aromatic carbocycles. The number of benzene rings is 2. The molecule has 0 spiro atoms. The van der Waals surface area contributed by atoms with Crippen molar-refractivity contribution in [1.29, 1.82) is 0 Å². The van der Waals surface area contributed by atoms with Crippen LogP contribution in [0.15, 0.2) is 47.6 Å². The molecule has 0 aliphatic carbocycles.